The highest BCUT2D eigenvalue weighted by molar-refractivity contribution is 7.92. The number of hydrogen-bond acceptors (Lipinski definition) is 6. The number of amides is 1. The quantitative estimate of drug-likeness (QED) is 0.404. The van der Waals surface area contributed by atoms with Gasteiger partial charge in [-0.05, 0) is 43.3 Å². The van der Waals surface area contributed by atoms with Crippen LogP contribution in [0.3, 0.4) is 0 Å². The van der Waals surface area contributed by atoms with Gasteiger partial charge in [0, 0.05) is 17.2 Å². The summed E-state index contributed by atoms with van der Waals surface area (Å²) in [4.78, 5) is 22.0. The van der Waals surface area contributed by atoms with Crippen molar-refractivity contribution in [2.45, 2.75) is 17.1 Å². The highest BCUT2D eigenvalue weighted by Crippen LogP contribution is 2.20. The second-order valence-electron chi connectivity index (χ2n) is 5.53. The third kappa shape index (κ3) is 5.41. The Morgan fingerprint density at radius 3 is 2.33 bits per heavy atom. The molecule has 0 bridgehead atoms. The van der Waals surface area contributed by atoms with Crippen molar-refractivity contribution in [1.82, 2.24) is 5.32 Å². The first kappa shape index (κ1) is 20.7. The molecular weight excluding hydrogens is 396 g/mol. The standard InChI is InChI=1S/C17H17ClN2O6S/c1-12(27(24,25)16-8-4-14(5-9-16)20(22)23)17(21)19-10-11-26-15-6-2-13(18)3-7-15/h2-9,12H,10-11H2,1H3,(H,19,21)/t12-/m1/s1. The van der Waals surface area contributed by atoms with Crippen LogP contribution in [0.15, 0.2) is 53.4 Å². The van der Waals surface area contributed by atoms with E-state index in [2.05, 4.69) is 5.32 Å². The minimum Gasteiger partial charge on any atom is -0.492 e. The van der Waals surface area contributed by atoms with Gasteiger partial charge in [-0.25, -0.2) is 8.42 Å². The molecule has 0 spiro atoms. The number of nitro benzene ring substituents is 1. The summed E-state index contributed by atoms with van der Waals surface area (Å²) in [7, 11) is -3.96. The Morgan fingerprint density at radius 1 is 1.19 bits per heavy atom. The molecule has 0 aliphatic carbocycles. The number of non-ortho nitro benzene ring substituents is 1. The fourth-order valence-electron chi connectivity index (χ4n) is 2.12. The van der Waals surface area contributed by atoms with Gasteiger partial charge in [-0.1, -0.05) is 11.6 Å². The van der Waals surface area contributed by atoms with Crippen molar-refractivity contribution < 1.29 is 22.9 Å². The summed E-state index contributed by atoms with van der Waals surface area (Å²) in [5.41, 5.74) is -0.231. The lowest BCUT2D eigenvalue weighted by Gasteiger charge is -2.14. The number of halogens is 1. The van der Waals surface area contributed by atoms with Gasteiger partial charge in [0.25, 0.3) is 5.69 Å². The number of nitrogens with zero attached hydrogens (tertiary/aromatic N) is 1. The van der Waals surface area contributed by atoms with Crippen LogP contribution in [0, 0.1) is 10.1 Å². The smallest absolute Gasteiger partial charge is 0.269 e. The number of carbonyl (C=O) groups excluding carboxylic acids is 1. The molecule has 1 amide bonds. The molecule has 0 aliphatic rings. The largest absolute Gasteiger partial charge is 0.492 e. The zero-order valence-corrected chi connectivity index (χ0v) is 15.9. The lowest BCUT2D eigenvalue weighted by Crippen LogP contribution is -2.39. The van der Waals surface area contributed by atoms with Gasteiger partial charge in [0.1, 0.15) is 17.6 Å². The predicted molar refractivity (Wildman–Crippen MR) is 99.7 cm³/mol. The second-order valence-corrected chi connectivity index (χ2v) is 8.24. The second kappa shape index (κ2) is 8.83. The molecular formula is C17H17ClN2O6S. The molecule has 8 nitrogen and oxygen atoms in total. The van der Waals surface area contributed by atoms with E-state index in [9.17, 15) is 23.3 Å². The van der Waals surface area contributed by atoms with Gasteiger partial charge in [-0.2, -0.15) is 0 Å². The van der Waals surface area contributed by atoms with E-state index in [1.165, 1.54) is 6.92 Å². The SMILES string of the molecule is C[C@H](C(=O)NCCOc1ccc(Cl)cc1)S(=O)(=O)c1ccc([N+](=O)[O-])cc1. The van der Waals surface area contributed by atoms with Crippen LogP contribution in [0.2, 0.25) is 5.02 Å². The molecule has 0 fully saturated rings. The molecule has 0 aliphatic heterocycles. The van der Waals surface area contributed by atoms with Crippen LogP contribution < -0.4 is 10.1 Å². The van der Waals surface area contributed by atoms with Crippen LogP contribution in [0.1, 0.15) is 6.92 Å². The van der Waals surface area contributed by atoms with E-state index in [1.807, 2.05) is 0 Å². The van der Waals surface area contributed by atoms with Crippen molar-refractivity contribution in [3.8, 4) is 5.75 Å². The molecule has 0 radical (unpaired) electrons. The van der Waals surface area contributed by atoms with Crippen LogP contribution in [0.25, 0.3) is 0 Å². The Kier molecular flexibility index (Phi) is 6.75. The molecule has 2 aromatic carbocycles. The van der Waals surface area contributed by atoms with Gasteiger partial charge in [0.05, 0.1) is 16.4 Å². The molecule has 0 heterocycles. The fraction of sp³-hybridized carbons (Fsp3) is 0.235. The minimum absolute atomic E-state index is 0.113. The first-order chi connectivity index (χ1) is 12.7. The molecule has 10 heteroatoms. The van der Waals surface area contributed by atoms with Crippen LogP contribution in [0.5, 0.6) is 5.75 Å². The number of benzene rings is 2. The van der Waals surface area contributed by atoms with E-state index in [0.29, 0.717) is 10.8 Å². The monoisotopic (exact) mass is 412 g/mol. The molecule has 0 saturated heterocycles. The maximum Gasteiger partial charge on any atom is 0.269 e. The van der Waals surface area contributed by atoms with Crippen LogP contribution >= 0.6 is 11.6 Å². The number of hydrogen-bond donors (Lipinski definition) is 1. The summed E-state index contributed by atoms with van der Waals surface area (Å²) in [5, 5.41) is 12.4. The van der Waals surface area contributed by atoms with E-state index in [1.54, 1.807) is 24.3 Å². The van der Waals surface area contributed by atoms with Gasteiger partial charge in [0.2, 0.25) is 5.91 Å². The summed E-state index contributed by atoms with van der Waals surface area (Å²) in [5.74, 6) is -0.117. The molecule has 27 heavy (non-hydrogen) atoms. The zero-order valence-electron chi connectivity index (χ0n) is 14.3. The third-order valence-corrected chi connectivity index (χ3v) is 6.02. The van der Waals surface area contributed by atoms with Crippen LogP contribution in [-0.2, 0) is 14.6 Å². The third-order valence-electron chi connectivity index (χ3n) is 3.69. The summed E-state index contributed by atoms with van der Waals surface area (Å²) < 4.78 is 30.3. The van der Waals surface area contributed by atoms with Gasteiger partial charge in [-0.3, -0.25) is 14.9 Å². The van der Waals surface area contributed by atoms with Crippen molar-refractivity contribution in [3.05, 3.63) is 63.7 Å². The summed E-state index contributed by atoms with van der Waals surface area (Å²) >= 11 is 5.76. The van der Waals surface area contributed by atoms with E-state index in [4.69, 9.17) is 16.3 Å². The van der Waals surface area contributed by atoms with Crippen LogP contribution in [0.4, 0.5) is 5.69 Å². The van der Waals surface area contributed by atoms with Gasteiger partial charge < -0.3 is 10.1 Å². The summed E-state index contributed by atoms with van der Waals surface area (Å²) in [6.07, 6.45) is 0. The Morgan fingerprint density at radius 2 is 1.78 bits per heavy atom. The lowest BCUT2D eigenvalue weighted by atomic mass is 10.3. The molecule has 0 aromatic heterocycles. The zero-order chi connectivity index (χ0) is 20.0. The fourth-order valence-corrected chi connectivity index (χ4v) is 3.54. The molecule has 0 saturated carbocycles. The van der Waals surface area contributed by atoms with Gasteiger partial charge in [-0.15, -0.1) is 0 Å². The van der Waals surface area contributed by atoms with Gasteiger partial charge in [0.15, 0.2) is 9.84 Å². The van der Waals surface area contributed by atoms with E-state index >= 15 is 0 Å². The summed E-state index contributed by atoms with van der Waals surface area (Å²) in [6.45, 7) is 1.52. The maximum absolute atomic E-state index is 12.5. The van der Waals surface area contributed by atoms with E-state index in [0.717, 1.165) is 24.3 Å². The van der Waals surface area contributed by atoms with Crippen molar-refractivity contribution in [1.29, 1.82) is 0 Å². The van der Waals surface area contributed by atoms with Crippen molar-refractivity contribution >= 4 is 33.0 Å². The number of ether oxygens (including phenoxy) is 1. The molecule has 1 atom stereocenters. The van der Waals surface area contributed by atoms with E-state index in [-0.39, 0.29) is 23.7 Å². The first-order valence-electron chi connectivity index (χ1n) is 7.86. The predicted octanol–water partition coefficient (Wildman–Crippen LogP) is 2.61. The molecule has 1 N–H and O–H groups in total. The molecule has 144 valence electrons. The minimum atomic E-state index is -3.96. The summed E-state index contributed by atoms with van der Waals surface area (Å²) in [6, 6.07) is 11.1. The Balaban J connectivity index is 1.90. The average Bonchev–Trinajstić information content (AvgIpc) is 2.65. The number of nitrogens with one attached hydrogen (secondary N) is 1. The topological polar surface area (TPSA) is 116 Å². The normalized spacial score (nSPS) is 12.2. The number of nitro groups is 1. The number of carbonyl (C=O) groups is 1. The molecule has 0 unspecified atom stereocenters. The average molecular weight is 413 g/mol. The number of sulfone groups is 1. The highest BCUT2D eigenvalue weighted by Gasteiger charge is 2.29. The Hall–Kier alpha value is -2.65. The number of rotatable bonds is 8. The van der Waals surface area contributed by atoms with Crippen molar-refractivity contribution in [2.75, 3.05) is 13.2 Å². The highest BCUT2D eigenvalue weighted by atomic mass is 35.5. The Labute approximate surface area is 161 Å². The Bertz CT molecular complexity index is 913. The molecule has 2 rings (SSSR count). The van der Waals surface area contributed by atoms with Crippen molar-refractivity contribution in [2.24, 2.45) is 0 Å². The van der Waals surface area contributed by atoms with Crippen LogP contribution in [-0.4, -0.2) is 37.6 Å². The maximum atomic E-state index is 12.5. The van der Waals surface area contributed by atoms with Gasteiger partial charge >= 0.3 is 0 Å². The first-order valence-corrected chi connectivity index (χ1v) is 9.78. The lowest BCUT2D eigenvalue weighted by molar-refractivity contribution is -0.384. The molecule has 2 aromatic rings. The van der Waals surface area contributed by atoms with E-state index < -0.39 is 25.9 Å². The van der Waals surface area contributed by atoms with Crippen molar-refractivity contribution in [3.63, 3.8) is 0 Å².